The van der Waals surface area contributed by atoms with Crippen LogP contribution in [0.25, 0.3) is 10.4 Å². The van der Waals surface area contributed by atoms with Crippen molar-refractivity contribution in [3.05, 3.63) is 41.0 Å². The molecule has 232 valence electrons. The molecule has 0 spiro atoms. The van der Waals surface area contributed by atoms with Crippen molar-refractivity contribution in [1.29, 1.82) is 0 Å². The van der Waals surface area contributed by atoms with Crippen LogP contribution in [0.1, 0.15) is 52.3 Å². The summed E-state index contributed by atoms with van der Waals surface area (Å²) in [6.07, 6.45) is -1.42. The van der Waals surface area contributed by atoms with E-state index in [9.17, 15) is 22.8 Å². The van der Waals surface area contributed by atoms with Gasteiger partial charge in [0.25, 0.3) is 0 Å². The van der Waals surface area contributed by atoms with E-state index in [-0.39, 0.29) is 19.5 Å². The number of aryl methyl sites for hydroxylation is 1. The predicted octanol–water partition coefficient (Wildman–Crippen LogP) is 3.70. The lowest BCUT2D eigenvalue weighted by molar-refractivity contribution is -0.141. The number of rotatable bonds is 10. The van der Waals surface area contributed by atoms with Crippen LogP contribution in [0.15, 0.2) is 29.8 Å². The Hall–Kier alpha value is -2.68. The molecule has 1 aliphatic heterocycles. The predicted molar refractivity (Wildman–Crippen MR) is 164 cm³/mol. The van der Waals surface area contributed by atoms with Gasteiger partial charge < -0.3 is 25.4 Å². The van der Waals surface area contributed by atoms with Gasteiger partial charge in [-0.3, -0.25) is 9.59 Å². The van der Waals surface area contributed by atoms with Gasteiger partial charge in [-0.05, 0) is 48.1 Å². The van der Waals surface area contributed by atoms with Gasteiger partial charge in [-0.25, -0.2) is 18.2 Å². The number of hydrogen-bond acceptors (Lipinski definition) is 11. The third kappa shape index (κ3) is 9.16. The van der Waals surface area contributed by atoms with E-state index in [2.05, 4.69) is 10.3 Å². The van der Waals surface area contributed by atoms with E-state index in [1.54, 1.807) is 30.7 Å². The number of hydrogen-bond donors (Lipinski definition) is 2. The van der Waals surface area contributed by atoms with Crippen molar-refractivity contribution < 1.29 is 32.3 Å². The van der Waals surface area contributed by atoms with Crippen LogP contribution in [0.3, 0.4) is 0 Å². The molecule has 2 amide bonds. The summed E-state index contributed by atoms with van der Waals surface area (Å²) >= 11 is 1.56. The second-order valence-electron chi connectivity index (χ2n) is 11.6. The minimum absolute atomic E-state index is 0.0271. The first-order chi connectivity index (χ1) is 19.5. The van der Waals surface area contributed by atoms with Crippen molar-refractivity contribution in [2.24, 2.45) is 11.1 Å². The second-order valence-corrected chi connectivity index (χ2v) is 17.2. The number of thiazole rings is 1. The van der Waals surface area contributed by atoms with Crippen molar-refractivity contribution in [1.82, 2.24) is 15.2 Å². The van der Waals surface area contributed by atoms with Crippen LogP contribution in [0.2, 0.25) is 0 Å². The van der Waals surface area contributed by atoms with Crippen molar-refractivity contribution in [3.63, 3.8) is 0 Å². The SMILES string of the molecule is Cc1ncsc1-c1ccc(CNC(=O)[C@@H]2C[C@@H](OC(=O)OC(C)C(C)SS(C)(=O)=O)CN2C(=O)[C@@H](N)C(C)(C)C)cc1. The minimum Gasteiger partial charge on any atom is -0.430 e. The highest BCUT2D eigenvalue weighted by atomic mass is 33.1. The lowest BCUT2D eigenvalue weighted by atomic mass is 9.86. The van der Waals surface area contributed by atoms with E-state index in [4.69, 9.17) is 15.2 Å². The van der Waals surface area contributed by atoms with Crippen molar-refractivity contribution >= 4 is 49.0 Å². The lowest BCUT2D eigenvalue weighted by Gasteiger charge is -2.32. The highest BCUT2D eigenvalue weighted by Gasteiger charge is 2.44. The summed E-state index contributed by atoms with van der Waals surface area (Å²) in [7, 11) is -2.65. The third-order valence-electron chi connectivity index (χ3n) is 7.01. The topological polar surface area (TPSA) is 158 Å². The third-order valence-corrected chi connectivity index (χ3v) is 11.0. The summed E-state index contributed by atoms with van der Waals surface area (Å²) in [4.78, 5) is 46.0. The Morgan fingerprint density at radius 2 is 1.86 bits per heavy atom. The zero-order valence-corrected chi connectivity index (χ0v) is 27.4. The van der Waals surface area contributed by atoms with Crippen LogP contribution < -0.4 is 11.1 Å². The fourth-order valence-electron chi connectivity index (χ4n) is 4.35. The number of carbonyl (C=O) groups is 3. The number of ether oxygens (including phenoxy) is 2. The molecule has 2 aromatic rings. The normalized spacial score (nSPS) is 19.6. The molecule has 1 aromatic carbocycles. The second kappa shape index (κ2) is 13.7. The molecule has 5 atom stereocenters. The zero-order valence-electron chi connectivity index (χ0n) is 24.9. The minimum atomic E-state index is -3.34. The standard InChI is InChI=1S/C28H40N4O7S3/c1-16-23(40-15-31-16)20-10-8-19(9-11-20)13-30-25(33)22-12-21(14-32(22)26(34)24(29)28(4,5)6)39-27(35)38-17(2)18(3)41-42(7,36)37/h8-11,15,17-18,21-22,24H,12-14,29H2,1-7H3,(H,30,33)/t17?,18?,21-,22+,24-/m1/s1. The monoisotopic (exact) mass is 640 g/mol. The van der Waals surface area contributed by atoms with Crippen LogP contribution in [-0.2, 0) is 34.5 Å². The first-order valence-electron chi connectivity index (χ1n) is 13.5. The summed E-state index contributed by atoms with van der Waals surface area (Å²) in [5.41, 5.74) is 10.4. The van der Waals surface area contributed by atoms with E-state index < -0.39 is 61.8 Å². The molecule has 1 aromatic heterocycles. The molecule has 1 aliphatic rings. The van der Waals surface area contributed by atoms with Crippen molar-refractivity contribution in [3.8, 4) is 10.4 Å². The first-order valence-corrected chi connectivity index (χ1v) is 17.7. The summed E-state index contributed by atoms with van der Waals surface area (Å²) in [5.74, 6) is -0.809. The summed E-state index contributed by atoms with van der Waals surface area (Å²) in [6.45, 7) is 10.9. The molecular weight excluding hydrogens is 601 g/mol. The van der Waals surface area contributed by atoms with Gasteiger partial charge in [-0.15, -0.1) is 11.3 Å². The number of nitrogens with two attached hydrogens (primary N) is 1. The quantitative estimate of drug-likeness (QED) is 0.290. The van der Waals surface area contributed by atoms with Crippen LogP contribution in [0, 0.1) is 12.3 Å². The highest BCUT2D eigenvalue weighted by molar-refractivity contribution is 8.72. The van der Waals surface area contributed by atoms with Crippen LogP contribution >= 0.6 is 22.1 Å². The highest BCUT2D eigenvalue weighted by Crippen LogP contribution is 2.29. The summed E-state index contributed by atoms with van der Waals surface area (Å²) < 4.78 is 33.9. The average Bonchev–Trinajstić information content (AvgIpc) is 3.51. The van der Waals surface area contributed by atoms with E-state index >= 15 is 0 Å². The number of carbonyl (C=O) groups excluding carboxylic acids is 3. The maximum atomic E-state index is 13.4. The maximum Gasteiger partial charge on any atom is 0.508 e. The van der Waals surface area contributed by atoms with Gasteiger partial charge in [-0.1, -0.05) is 45.0 Å². The number of nitrogens with one attached hydrogen (secondary N) is 1. The molecule has 14 heteroatoms. The molecule has 11 nitrogen and oxygen atoms in total. The van der Waals surface area contributed by atoms with E-state index in [1.165, 1.54) is 4.90 Å². The van der Waals surface area contributed by atoms with E-state index in [1.807, 2.05) is 52.0 Å². The van der Waals surface area contributed by atoms with Gasteiger partial charge in [0.05, 0.1) is 33.9 Å². The Morgan fingerprint density at radius 3 is 2.40 bits per heavy atom. The zero-order chi connectivity index (χ0) is 31.4. The van der Waals surface area contributed by atoms with E-state index in [0.717, 1.165) is 28.0 Å². The number of amides is 2. The average molecular weight is 641 g/mol. The Labute approximate surface area is 255 Å². The molecule has 42 heavy (non-hydrogen) atoms. The molecule has 1 saturated heterocycles. The van der Waals surface area contributed by atoms with Crippen LogP contribution in [-0.4, -0.2) is 78.6 Å². The number of likely N-dealkylation sites (tertiary alicyclic amines) is 1. The van der Waals surface area contributed by atoms with Crippen molar-refractivity contribution in [2.45, 2.75) is 84.0 Å². The largest absolute Gasteiger partial charge is 0.508 e. The van der Waals surface area contributed by atoms with Crippen molar-refractivity contribution in [2.75, 3.05) is 12.8 Å². The smallest absolute Gasteiger partial charge is 0.430 e. The number of nitrogens with zero attached hydrogens (tertiary/aromatic N) is 2. The number of aromatic nitrogens is 1. The maximum absolute atomic E-state index is 13.4. The van der Waals surface area contributed by atoms with Gasteiger partial charge in [-0.2, -0.15) is 0 Å². The first kappa shape index (κ1) is 33.8. The molecule has 0 radical (unpaired) electrons. The molecule has 0 aliphatic carbocycles. The van der Waals surface area contributed by atoms with Gasteiger partial charge in [0.15, 0.2) is 8.87 Å². The van der Waals surface area contributed by atoms with Gasteiger partial charge in [0.2, 0.25) is 11.8 Å². The Balaban J connectivity index is 1.67. The summed E-state index contributed by atoms with van der Waals surface area (Å²) in [5, 5.41) is 2.37. The molecular formula is C28H40N4O7S3. The Morgan fingerprint density at radius 1 is 1.21 bits per heavy atom. The lowest BCUT2D eigenvalue weighted by Crippen LogP contribution is -2.54. The van der Waals surface area contributed by atoms with E-state index in [0.29, 0.717) is 10.8 Å². The van der Waals surface area contributed by atoms with Gasteiger partial charge >= 0.3 is 6.16 Å². The fourth-order valence-corrected chi connectivity index (χ4v) is 8.05. The molecule has 0 saturated carbocycles. The molecule has 1 fully saturated rings. The van der Waals surface area contributed by atoms with Crippen LogP contribution in [0.4, 0.5) is 4.79 Å². The molecule has 3 rings (SSSR count). The molecule has 3 N–H and O–H groups in total. The fraction of sp³-hybridized carbons (Fsp3) is 0.571. The molecule has 2 unspecified atom stereocenters. The number of benzene rings is 1. The Kier molecular flexibility index (Phi) is 11.1. The van der Waals surface area contributed by atoms with Gasteiger partial charge in [0, 0.05) is 19.2 Å². The van der Waals surface area contributed by atoms with Gasteiger partial charge in [0.1, 0.15) is 18.2 Å². The molecule has 2 heterocycles. The molecule has 0 bridgehead atoms. The van der Waals surface area contributed by atoms with Crippen LogP contribution in [0.5, 0.6) is 0 Å². The summed E-state index contributed by atoms with van der Waals surface area (Å²) in [6, 6.07) is 6.01. The Bertz CT molecular complexity index is 1370.